The summed E-state index contributed by atoms with van der Waals surface area (Å²) in [6, 6.07) is 26.8. The zero-order valence-electron chi connectivity index (χ0n) is 25.5. The van der Waals surface area contributed by atoms with Gasteiger partial charge in [0.1, 0.15) is 24.8 Å². The Labute approximate surface area is 266 Å². The molecule has 10 nitrogen and oxygen atoms in total. The van der Waals surface area contributed by atoms with Crippen LogP contribution in [0.4, 0.5) is 22.0 Å². The highest BCUT2D eigenvalue weighted by molar-refractivity contribution is 5.97. The van der Waals surface area contributed by atoms with Crippen LogP contribution in [0, 0.1) is 0 Å². The van der Waals surface area contributed by atoms with Crippen LogP contribution >= 0.6 is 0 Å². The van der Waals surface area contributed by atoms with Crippen LogP contribution in [0.25, 0.3) is 22.0 Å². The highest BCUT2D eigenvalue weighted by Gasteiger charge is 2.36. The Kier molecular flexibility index (Phi) is 7.84. The van der Waals surface area contributed by atoms with Gasteiger partial charge in [-0.15, -0.1) is 0 Å². The van der Waals surface area contributed by atoms with Gasteiger partial charge in [0.15, 0.2) is 11.5 Å². The number of fused-ring (bicyclic) bond motifs is 4. The van der Waals surface area contributed by atoms with E-state index in [1.807, 2.05) is 42.5 Å². The quantitative estimate of drug-likeness (QED) is 0.197. The fourth-order valence-corrected chi connectivity index (χ4v) is 6.42. The van der Waals surface area contributed by atoms with Crippen molar-refractivity contribution in [2.24, 2.45) is 0 Å². The zero-order chi connectivity index (χ0) is 31.6. The SMILES string of the molecule is COc1cc2ncnc(Nc3ccc(NC(=O)[C@@H]4CCCN4C(=O)OCC4c5ccccc5-c5ccccc54)cc3)c2cc1OC. The van der Waals surface area contributed by atoms with Gasteiger partial charge in [-0.1, -0.05) is 48.5 Å². The summed E-state index contributed by atoms with van der Waals surface area (Å²) in [5.41, 5.74) is 6.74. The molecule has 1 aromatic heterocycles. The van der Waals surface area contributed by atoms with Gasteiger partial charge < -0.3 is 24.8 Å². The van der Waals surface area contributed by atoms with Crippen LogP contribution in [-0.2, 0) is 9.53 Å². The number of amides is 2. The number of nitrogens with zero attached hydrogens (tertiary/aromatic N) is 3. The summed E-state index contributed by atoms with van der Waals surface area (Å²) in [5, 5.41) is 7.05. The van der Waals surface area contributed by atoms with Crippen LogP contribution in [0.15, 0.2) is 91.3 Å². The molecule has 1 aliphatic heterocycles. The monoisotopic (exact) mass is 615 g/mol. The fourth-order valence-electron chi connectivity index (χ4n) is 6.42. The lowest BCUT2D eigenvalue weighted by Gasteiger charge is -2.24. The van der Waals surface area contributed by atoms with Crippen LogP contribution in [0.5, 0.6) is 11.5 Å². The average Bonchev–Trinajstić information content (AvgIpc) is 3.71. The van der Waals surface area contributed by atoms with E-state index in [4.69, 9.17) is 14.2 Å². The third-order valence-electron chi connectivity index (χ3n) is 8.68. The number of carbonyl (C=O) groups is 2. The minimum absolute atomic E-state index is 0.0384. The number of aromatic nitrogens is 2. The number of rotatable bonds is 8. The second-order valence-electron chi connectivity index (χ2n) is 11.3. The van der Waals surface area contributed by atoms with Crippen LogP contribution in [0.3, 0.4) is 0 Å². The van der Waals surface area contributed by atoms with Gasteiger partial charge in [-0.25, -0.2) is 14.8 Å². The second-order valence-corrected chi connectivity index (χ2v) is 11.3. The summed E-state index contributed by atoms with van der Waals surface area (Å²) < 4.78 is 16.7. The number of benzene rings is 4. The van der Waals surface area contributed by atoms with Gasteiger partial charge in [0.2, 0.25) is 5.91 Å². The summed E-state index contributed by atoms with van der Waals surface area (Å²) in [4.78, 5) is 36.9. The number of ether oxygens (including phenoxy) is 3. The van der Waals surface area contributed by atoms with Crippen molar-refractivity contribution in [3.63, 3.8) is 0 Å². The summed E-state index contributed by atoms with van der Waals surface area (Å²) >= 11 is 0. The third-order valence-corrected chi connectivity index (χ3v) is 8.68. The lowest BCUT2D eigenvalue weighted by molar-refractivity contribution is -0.120. The third kappa shape index (κ3) is 5.42. The molecule has 46 heavy (non-hydrogen) atoms. The largest absolute Gasteiger partial charge is 0.493 e. The van der Waals surface area contributed by atoms with E-state index in [0.29, 0.717) is 41.5 Å². The van der Waals surface area contributed by atoms with E-state index in [1.54, 1.807) is 37.3 Å². The lowest BCUT2D eigenvalue weighted by Crippen LogP contribution is -2.43. The molecular weight excluding hydrogens is 582 g/mol. The van der Waals surface area contributed by atoms with Crippen molar-refractivity contribution in [1.82, 2.24) is 14.9 Å². The van der Waals surface area contributed by atoms with Crippen molar-refractivity contribution in [2.45, 2.75) is 24.8 Å². The van der Waals surface area contributed by atoms with Crippen molar-refractivity contribution in [1.29, 1.82) is 0 Å². The molecule has 1 atom stereocenters. The van der Waals surface area contributed by atoms with E-state index < -0.39 is 12.1 Å². The molecule has 7 rings (SSSR count). The predicted octanol–water partition coefficient (Wildman–Crippen LogP) is 6.74. The molecule has 5 aromatic rings. The Hall–Kier alpha value is -5.64. The first-order valence-electron chi connectivity index (χ1n) is 15.2. The van der Waals surface area contributed by atoms with Crippen LogP contribution in [0.1, 0.15) is 29.9 Å². The van der Waals surface area contributed by atoms with Crippen molar-refractivity contribution in [3.8, 4) is 22.6 Å². The fraction of sp³-hybridized carbons (Fsp3) is 0.222. The molecule has 0 radical (unpaired) electrons. The van der Waals surface area contributed by atoms with Gasteiger partial charge in [-0.2, -0.15) is 0 Å². The Bertz CT molecular complexity index is 1880. The van der Waals surface area contributed by atoms with Gasteiger partial charge >= 0.3 is 6.09 Å². The molecule has 1 aliphatic carbocycles. The summed E-state index contributed by atoms with van der Waals surface area (Å²) in [7, 11) is 3.16. The molecule has 1 fully saturated rings. The van der Waals surface area contributed by atoms with E-state index in [1.165, 1.54) is 17.5 Å². The Morgan fingerprint density at radius 3 is 2.20 bits per heavy atom. The molecule has 4 aromatic carbocycles. The summed E-state index contributed by atoms with van der Waals surface area (Å²) in [6.45, 7) is 0.690. The number of anilines is 3. The zero-order valence-corrected chi connectivity index (χ0v) is 25.5. The minimum atomic E-state index is -0.604. The molecule has 1 saturated heterocycles. The number of carbonyl (C=O) groups excluding carboxylic acids is 2. The molecule has 10 heteroatoms. The van der Waals surface area contributed by atoms with E-state index in [-0.39, 0.29) is 18.4 Å². The van der Waals surface area contributed by atoms with Gasteiger partial charge in [-0.05, 0) is 65.4 Å². The Balaban J connectivity index is 0.992. The Morgan fingerprint density at radius 1 is 0.848 bits per heavy atom. The van der Waals surface area contributed by atoms with Crippen LogP contribution < -0.4 is 20.1 Å². The molecule has 2 heterocycles. The first-order valence-corrected chi connectivity index (χ1v) is 15.2. The molecule has 232 valence electrons. The van der Waals surface area contributed by atoms with Crippen LogP contribution in [0.2, 0.25) is 0 Å². The van der Waals surface area contributed by atoms with Crippen LogP contribution in [-0.4, -0.2) is 60.3 Å². The van der Waals surface area contributed by atoms with Gasteiger partial charge in [-0.3, -0.25) is 9.69 Å². The topological polar surface area (TPSA) is 115 Å². The highest BCUT2D eigenvalue weighted by atomic mass is 16.6. The molecule has 0 bridgehead atoms. The summed E-state index contributed by atoms with van der Waals surface area (Å²) in [6.07, 6.45) is 2.32. The maximum Gasteiger partial charge on any atom is 0.410 e. The highest BCUT2D eigenvalue weighted by Crippen LogP contribution is 2.44. The maximum atomic E-state index is 13.3. The smallest absolute Gasteiger partial charge is 0.410 e. The number of hydrogen-bond donors (Lipinski definition) is 2. The van der Waals surface area contributed by atoms with E-state index in [0.717, 1.165) is 28.6 Å². The minimum Gasteiger partial charge on any atom is -0.493 e. The van der Waals surface area contributed by atoms with Crippen molar-refractivity contribution < 1.29 is 23.8 Å². The normalized spacial score (nSPS) is 15.3. The Morgan fingerprint density at radius 2 is 1.50 bits per heavy atom. The molecule has 0 unspecified atom stereocenters. The molecular formula is C36H33N5O5. The first kappa shape index (κ1) is 29.1. The standard InChI is InChI=1S/C36H33N5O5/c1-44-32-18-28-30(19-33(32)45-2)37-21-38-34(28)39-22-13-15-23(16-14-22)40-35(42)31-12-7-17-41(31)36(43)46-20-29-26-10-5-3-8-24(26)25-9-4-6-11-27(25)29/h3-6,8-11,13-16,18-19,21,29,31H,7,12,17,20H2,1-2H3,(H,40,42)(H,37,38,39)/t31-/m0/s1. The molecule has 0 spiro atoms. The number of hydrogen-bond acceptors (Lipinski definition) is 8. The maximum absolute atomic E-state index is 13.3. The lowest BCUT2D eigenvalue weighted by atomic mass is 9.98. The number of nitrogens with one attached hydrogen (secondary N) is 2. The first-order chi connectivity index (χ1) is 22.5. The van der Waals surface area contributed by atoms with Gasteiger partial charge in [0.25, 0.3) is 0 Å². The van der Waals surface area contributed by atoms with Crippen molar-refractivity contribution in [3.05, 3.63) is 102 Å². The van der Waals surface area contributed by atoms with Gasteiger partial charge in [0.05, 0.1) is 19.7 Å². The molecule has 2 aliphatic rings. The molecule has 2 N–H and O–H groups in total. The second kappa shape index (κ2) is 12.4. The predicted molar refractivity (Wildman–Crippen MR) is 176 cm³/mol. The van der Waals surface area contributed by atoms with Crippen molar-refractivity contribution >= 4 is 40.1 Å². The average molecular weight is 616 g/mol. The molecule has 2 amide bonds. The van der Waals surface area contributed by atoms with E-state index >= 15 is 0 Å². The van der Waals surface area contributed by atoms with Gasteiger partial charge in [0, 0.05) is 35.3 Å². The van der Waals surface area contributed by atoms with E-state index in [9.17, 15) is 9.59 Å². The number of likely N-dealkylation sites (tertiary alicyclic amines) is 1. The number of methoxy groups -OCH3 is 2. The summed E-state index contributed by atoms with van der Waals surface area (Å²) in [5.74, 6) is 1.48. The van der Waals surface area contributed by atoms with E-state index in [2.05, 4.69) is 44.9 Å². The van der Waals surface area contributed by atoms with Crippen molar-refractivity contribution in [2.75, 3.05) is 38.0 Å². The molecule has 0 saturated carbocycles.